The van der Waals surface area contributed by atoms with Crippen LogP contribution in [0.3, 0.4) is 0 Å². The Labute approximate surface area is 128 Å². The van der Waals surface area contributed by atoms with Gasteiger partial charge in [0.25, 0.3) is 5.91 Å². The molecule has 0 fully saturated rings. The predicted molar refractivity (Wildman–Crippen MR) is 80.8 cm³/mol. The van der Waals surface area contributed by atoms with Crippen molar-refractivity contribution in [1.29, 1.82) is 0 Å². The van der Waals surface area contributed by atoms with Gasteiger partial charge in [-0.05, 0) is 24.6 Å². The molecule has 120 valence electrons. The zero-order valence-electron chi connectivity index (χ0n) is 12.4. The largest absolute Gasteiger partial charge is 0.481 e. The monoisotopic (exact) mass is 308 g/mol. The van der Waals surface area contributed by atoms with E-state index in [0.717, 1.165) is 0 Å². The summed E-state index contributed by atoms with van der Waals surface area (Å²) >= 11 is 0. The van der Waals surface area contributed by atoms with E-state index < -0.39 is 11.9 Å². The van der Waals surface area contributed by atoms with Crippen LogP contribution in [0, 0.1) is 0 Å². The molecule has 0 heterocycles. The average Bonchev–Trinajstić information content (AvgIpc) is 2.49. The lowest BCUT2D eigenvalue weighted by Crippen LogP contribution is -2.25. The van der Waals surface area contributed by atoms with Crippen LogP contribution in [0.2, 0.25) is 0 Å². The first-order valence-electron chi connectivity index (χ1n) is 6.91. The molecule has 1 aromatic rings. The van der Waals surface area contributed by atoms with E-state index in [1.807, 2.05) is 0 Å². The number of nitrogens with one attached hydrogen (secondary N) is 2. The van der Waals surface area contributed by atoms with Gasteiger partial charge in [0.1, 0.15) is 0 Å². The molecule has 0 aromatic heterocycles. The van der Waals surface area contributed by atoms with Gasteiger partial charge < -0.3 is 20.5 Å². The van der Waals surface area contributed by atoms with E-state index in [2.05, 4.69) is 10.6 Å². The molecule has 0 aliphatic carbocycles. The van der Waals surface area contributed by atoms with Gasteiger partial charge in [-0.2, -0.15) is 0 Å². The Morgan fingerprint density at radius 3 is 2.68 bits per heavy atom. The standard InChI is InChI=1S/C15H20N2O5/c1-22-9-3-8-16-15(21)11-4-2-5-12(10-11)17-13(18)6-7-14(19)20/h2,4-5,10H,3,6-9H2,1H3,(H,16,21)(H,17,18)(H,19,20). The third-order valence-corrected chi connectivity index (χ3v) is 2.79. The summed E-state index contributed by atoms with van der Waals surface area (Å²) < 4.78 is 4.89. The number of carbonyl (C=O) groups excluding carboxylic acids is 2. The van der Waals surface area contributed by atoms with Gasteiger partial charge in [-0.25, -0.2) is 0 Å². The van der Waals surface area contributed by atoms with E-state index in [1.54, 1.807) is 31.4 Å². The minimum atomic E-state index is -1.03. The number of hydrogen-bond donors (Lipinski definition) is 3. The normalized spacial score (nSPS) is 10.0. The third kappa shape index (κ3) is 6.85. The molecule has 7 nitrogen and oxygen atoms in total. The Morgan fingerprint density at radius 1 is 1.23 bits per heavy atom. The Bertz CT molecular complexity index is 530. The first-order chi connectivity index (χ1) is 10.5. The molecule has 0 saturated heterocycles. The molecule has 22 heavy (non-hydrogen) atoms. The lowest BCUT2D eigenvalue weighted by Gasteiger charge is -2.08. The number of benzene rings is 1. The average molecular weight is 308 g/mol. The van der Waals surface area contributed by atoms with E-state index in [-0.39, 0.29) is 18.7 Å². The van der Waals surface area contributed by atoms with Crippen LogP contribution in [0.25, 0.3) is 0 Å². The number of hydrogen-bond acceptors (Lipinski definition) is 4. The van der Waals surface area contributed by atoms with Gasteiger partial charge in [0.05, 0.1) is 6.42 Å². The third-order valence-electron chi connectivity index (χ3n) is 2.79. The van der Waals surface area contributed by atoms with Gasteiger partial charge in [-0.1, -0.05) is 6.07 Å². The van der Waals surface area contributed by atoms with Crippen molar-refractivity contribution in [1.82, 2.24) is 5.32 Å². The minimum absolute atomic E-state index is 0.108. The summed E-state index contributed by atoms with van der Waals surface area (Å²) in [4.78, 5) is 33.9. The second kappa shape index (κ2) is 9.51. The van der Waals surface area contributed by atoms with Crippen LogP contribution < -0.4 is 10.6 Å². The number of ether oxygens (including phenoxy) is 1. The van der Waals surface area contributed by atoms with Crippen molar-refractivity contribution >= 4 is 23.5 Å². The zero-order chi connectivity index (χ0) is 16.4. The van der Waals surface area contributed by atoms with Gasteiger partial charge in [0.15, 0.2) is 0 Å². The molecule has 0 spiro atoms. The second-order valence-corrected chi connectivity index (χ2v) is 4.62. The van der Waals surface area contributed by atoms with Gasteiger partial charge in [0.2, 0.25) is 5.91 Å². The van der Waals surface area contributed by atoms with Crippen LogP contribution in [-0.4, -0.2) is 43.2 Å². The molecule has 3 N–H and O–H groups in total. The zero-order valence-corrected chi connectivity index (χ0v) is 12.4. The van der Waals surface area contributed by atoms with Crippen molar-refractivity contribution < 1.29 is 24.2 Å². The highest BCUT2D eigenvalue weighted by Gasteiger charge is 2.08. The number of aliphatic carboxylic acids is 1. The second-order valence-electron chi connectivity index (χ2n) is 4.62. The Morgan fingerprint density at radius 2 is 2.00 bits per heavy atom. The lowest BCUT2D eigenvalue weighted by molar-refractivity contribution is -0.138. The molecule has 1 aromatic carbocycles. The Balaban J connectivity index is 2.52. The fraction of sp³-hybridized carbons (Fsp3) is 0.400. The molecule has 0 saturated carbocycles. The molecule has 1 rings (SSSR count). The van der Waals surface area contributed by atoms with Crippen molar-refractivity contribution in [2.45, 2.75) is 19.3 Å². The fourth-order valence-electron chi connectivity index (χ4n) is 1.70. The summed E-state index contributed by atoms with van der Waals surface area (Å²) in [6, 6.07) is 6.47. The van der Waals surface area contributed by atoms with Crippen LogP contribution in [0.5, 0.6) is 0 Å². The Hall–Kier alpha value is -2.41. The molecule has 0 aliphatic rings. The molecule has 0 bridgehead atoms. The molecule has 0 aliphatic heterocycles. The quantitative estimate of drug-likeness (QED) is 0.596. The fourth-order valence-corrected chi connectivity index (χ4v) is 1.70. The number of carboxylic acid groups (broad SMARTS) is 1. The summed E-state index contributed by atoms with van der Waals surface area (Å²) in [7, 11) is 1.60. The van der Waals surface area contributed by atoms with Crippen LogP contribution in [-0.2, 0) is 14.3 Å². The van der Waals surface area contributed by atoms with Crippen molar-refractivity contribution in [2.24, 2.45) is 0 Å². The predicted octanol–water partition coefficient (Wildman–Crippen LogP) is 1.26. The van der Waals surface area contributed by atoms with Gasteiger partial charge in [-0.15, -0.1) is 0 Å². The van der Waals surface area contributed by atoms with Gasteiger partial charge >= 0.3 is 5.97 Å². The number of anilines is 1. The summed E-state index contributed by atoms with van der Waals surface area (Å²) in [5, 5.41) is 13.8. The number of amides is 2. The maximum absolute atomic E-state index is 11.9. The molecule has 2 amide bonds. The molecular weight excluding hydrogens is 288 g/mol. The summed E-state index contributed by atoms with van der Waals surface area (Å²) in [6.45, 7) is 1.07. The topological polar surface area (TPSA) is 105 Å². The highest BCUT2D eigenvalue weighted by atomic mass is 16.5. The first kappa shape index (κ1) is 17.6. The van der Waals surface area contributed by atoms with Crippen molar-refractivity contribution in [2.75, 3.05) is 25.6 Å². The highest BCUT2D eigenvalue weighted by molar-refractivity contribution is 5.97. The molecular formula is C15H20N2O5. The van der Waals surface area contributed by atoms with E-state index in [9.17, 15) is 14.4 Å². The van der Waals surface area contributed by atoms with E-state index in [1.165, 1.54) is 0 Å². The summed E-state index contributed by atoms with van der Waals surface area (Å²) in [5.74, 6) is -1.67. The van der Waals surface area contributed by atoms with Gasteiger partial charge in [-0.3, -0.25) is 14.4 Å². The minimum Gasteiger partial charge on any atom is -0.481 e. The first-order valence-corrected chi connectivity index (χ1v) is 6.91. The van der Waals surface area contributed by atoms with E-state index in [4.69, 9.17) is 9.84 Å². The smallest absolute Gasteiger partial charge is 0.303 e. The SMILES string of the molecule is COCCCNC(=O)c1cccc(NC(=O)CCC(=O)O)c1. The summed E-state index contributed by atoms with van der Waals surface area (Å²) in [5.41, 5.74) is 0.883. The maximum Gasteiger partial charge on any atom is 0.303 e. The maximum atomic E-state index is 11.9. The highest BCUT2D eigenvalue weighted by Crippen LogP contribution is 2.11. The van der Waals surface area contributed by atoms with Crippen molar-refractivity contribution in [3.05, 3.63) is 29.8 Å². The molecule has 7 heteroatoms. The van der Waals surface area contributed by atoms with Crippen molar-refractivity contribution in [3.63, 3.8) is 0 Å². The number of carboxylic acids is 1. The van der Waals surface area contributed by atoms with Crippen molar-refractivity contribution in [3.8, 4) is 0 Å². The van der Waals surface area contributed by atoms with E-state index >= 15 is 0 Å². The lowest BCUT2D eigenvalue weighted by atomic mass is 10.2. The molecule has 0 radical (unpaired) electrons. The number of rotatable bonds is 9. The van der Waals surface area contributed by atoms with Crippen LogP contribution in [0.15, 0.2) is 24.3 Å². The van der Waals surface area contributed by atoms with Gasteiger partial charge in [0, 0.05) is 37.9 Å². The Kier molecular flexibility index (Phi) is 7.63. The number of carbonyl (C=O) groups is 3. The number of methoxy groups -OCH3 is 1. The van der Waals surface area contributed by atoms with E-state index in [0.29, 0.717) is 30.8 Å². The van der Waals surface area contributed by atoms with Crippen LogP contribution in [0.4, 0.5) is 5.69 Å². The van der Waals surface area contributed by atoms with Crippen LogP contribution in [0.1, 0.15) is 29.6 Å². The summed E-state index contributed by atoms with van der Waals surface area (Å²) in [6.07, 6.45) is 0.377. The molecule has 0 unspecified atom stereocenters. The van der Waals surface area contributed by atoms with Crippen LogP contribution >= 0.6 is 0 Å². The molecule has 0 atom stereocenters.